The van der Waals surface area contributed by atoms with E-state index in [1.807, 2.05) is 0 Å². The fourth-order valence-electron chi connectivity index (χ4n) is 1.06. The molecule has 6 heteroatoms. The monoisotopic (exact) mass is 202 g/mol. The van der Waals surface area contributed by atoms with Gasteiger partial charge in [-0.15, -0.1) is 9.81 Å². The molecule has 0 heterocycles. The lowest BCUT2D eigenvalue weighted by Gasteiger charge is -2.03. The molecule has 0 amide bonds. The van der Waals surface area contributed by atoms with E-state index in [2.05, 4.69) is 16.9 Å². The summed E-state index contributed by atoms with van der Waals surface area (Å²) in [7, 11) is 0. The highest BCUT2D eigenvalue weighted by molar-refractivity contribution is 5.75. The van der Waals surface area contributed by atoms with Crippen LogP contribution in [0.5, 0.6) is 0 Å². The predicted octanol–water partition coefficient (Wildman–Crippen LogP) is 2.28. The molecule has 0 radical (unpaired) electrons. The SMILES string of the molecule is C=C(N)c1cc(N=O)c(C#N)c(N=O)c1. The molecular formula is C9H6N4O2. The number of hydrogen-bond donors (Lipinski definition) is 1. The number of rotatable bonds is 3. The molecule has 1 aromatic rings. The topological polar surface area (TPSA) is 109 Å². The lowest BCUT2D eigenvalue weighted by molar-refractivity contribution is 1.36. The molecule has 0 aliphatic rings. The minimum absolute atomic E-state index is 0.161. The third-order valence-corrected chi connectivity index (χ3v) is 1.78. The van der Waals surface area contributed by atoms with Crippen LogP contribution in [0.15, 0.2) is 29.1 Å². The molecule has 1 aromatic carbocycles. The van der Waals surface area contributed by atoms with Crippen molar-refractivity contribution >= 4 is 17.1 Å². The summed E-state index contributed by atoms with van der Waals surface area (Å²) in [6.07, 6.45) is 0. The van der Waals surface area contributed by atoms with Crippen molar-refractivity contribution in [2.75, 3.05) is 0 Å². The second kappa shape index (κ2) is 4.11. The summed E-state index contributed by atoms with van der Waals surface area (Å²) in [6, 6.07) is 4.23. The Kier molecular flexibility index (Phi) is 2.88. The summed E-state index contributed by atoms with van der Waals surface area (Å²) in [4.78, 5) is 20.8. The average molecular weight is 202 g/mol. The Morgan fingerprint density at radius 1 is 1.33 bits per heavy atom. The molecule has 74 valence electrons. The summed E-state index contributed by atoms with van der Waals surface area (Å²) < 4.78 is 0. The molecule has 0 aromatic heterocycles. The Balaban J connectivity index is 3.58. The van der Waals surface area contributed by atoms with E-state index in [0.717, 1.165) is 0 Å². The first kappa shape index (κ1) is 10.5. The summed E-state index contributed by atoms with van der Waals surface area (Å²) in [5, 5.41) is 13.9. The summed E-state index contributed by atoms with van der Waals surface area (Å²) in [5.74, 6) is 0. The molecule has 1 rings (SSSR count). The van der Waals surface area contributed by atoms with E-state index >= 15 is 0 Å². The van der Waals surface area contributed by atoms with Crippen LogP contribution in [-0.2, 0) is 0 Å². The van der Waals surface area contributed by atoms with Crippen molar-refractivity contribution in [2.45, 2.75) is 0 Å². The van der Waals surface area contributed by atoms with Crippen molar-refractivity contribution in [3.05, 3.63) is 39.7 Å². The lowest BCUT2D eigenvalue weighted by Crippen LogP contribution is -1.94. The largest absolute Gasteiger partial charge is 0.399 e. The Bertz CT molecular complexity index is 458. The highest BCUT2D eigenvalue weighted by Gasteiger charge is 2.12. The van der Waals surface area contributed by atoms with Crippen molar-refractivity contribution in [1.29, 1.82) is 5.26 Å². The van der Waals surface area contributed by atoms with Gasteiger partial charge in [0.1, 0.15) is 23.0 Å². The second-order valence-corrected chi connectivity index (χ2v) is 2.71. The van der Waals surface area contributed by atoms with Crippen LogP contribution in [0.2, 0.25) is 0 Å². The standard InChI is InChI=1S/C9H6N4O2/c1-5(11)6-2-8(12-14)7(4-10)9(3-6)13-15/h2-3H,1,11H2. The summed E-state index contributed by atoms with van der Waals surface area (Å²) in [5.41, 5.74) is 5.39. The molecule has 0 aliphatic carbocycles. The number of hydrogen-bond acceptors (Lipinski definition) is 6. The highest BCUT2D eigenvalue weighted by atomic mass is 16.3. The lowest BCUT2D eigenvalue weighted by atomic mass is 10.1. The van der Waals surface area contributed by atoms with E-state index in [0.29, 0.717) is 5.56 Å². The molecule has 0 unspecified atom stereocenters. The zero-order valence-corrected chi connectivity index (χ0v) is 7.60. The zero-order chi connectivity index (χ0) is 11.4. The van der Waals surface area contributed by atoms with Gasteiger partial charge in [0.25, 0.3) is 0 Å². The van der Waals surface area contributed by atoms with Gasteiger partial charge in [-0.2, -0.15) is 5.26 Å². The first-order chi connectivity index (χ1) is 7.13. The minimum Gasteiger partial charge on any atom is -0.399 e. The van der Waals surface area contributed by atoms with Gasteiger partial charge in [-0.1, -0.05) is 6.58 Å². The third kappa shape index (κ3) is 1.86. The van der Waals surface area contributed by atoms with E-state index in [1.54, 1.807) is 6.07 Å². The van der Waals surface area contributed by atoms with Gasteiger partial charge >= 0.3 is 0 Å². The van der Waals surface area contributed by atoms with Gasteiger partial charge in [-0.3, -0.25) is 0 Å². The van der Waals surface area contributed by atoms with Gasteiger partial charge in [0.15, 0.2) is 0 Å². The van der Waals surface area contributed by atoms with Crippen LogP contribution in [0.25, 0.3) is 5.70 Å². The van der Waals surface area contributed by atoms with Crippen LogP contribution >= 0.6 is 0 Å². The molecule has 6 nitrogen and oxygen atoms in total. The first-order valence-electron chi connectivity index (χ1n) is 3.83. The molecule has 0 atom stereocenters. The van der Waals surface area contributed by atoms with Crippen molar-refractivity contribution in [3.63, 3.8) is 0 Å². The third-order valence-electron chi connectivity index (χ3n) is 1.78. The van der Waals surface area contributed by atoms with E-state index < -0.39 is 0 Å². The van der Waals surface area contributed by atoms with E-state index in [9.17, 15) is 9.81 Å². The molecule has 0 fully saturated rings. The van der Waals surface area contributed by atoms with Crippen LogP contribution in [0, 0.1) is 21.1 Å². The van der Waals surface area contributed by atoms with Crippen molar-refractivity contribution in [2.24, 2.45) is 16.1 Å². The Morgan fingerprint density at radius 3 is 2.07 bits per heavy atom. The highest BCUT2D eigenvalue weighted by Crippen LogP contribution is 2.31. The van der Waals surface area contributed by atoms with Crippen LogP contribution in [0.3, 0.4) is 0 Å². The van der Waals surface area contributed by atoms with Gasteiger partial charge < -0.3 is 5.73 Å². The van der Waals surface area contributed by atoms with Crippen molar-refractivity contribution in [1.82, 2.24) is 0 Å². The van der Waals surface area contributed by atoms with Crippen LogP contribution in [0.1, 0.15) is 11.1 Å². The van der Waals surface area contributed by atoms with E-state index in [4.69, 9.17) is 11.0 Å². The van der Waals surface area contributed by atoms with E-state index in [1.165, 1.54) is 12.1 Å². The maximum absolute atomic E-state index is 10.4. The number of benzene rings is 1. The van der Waals surface area contributed by atoms with Crippen LogP contribution < -0.4 is 5.73 Å². The molecular weight excluding hydrogens is 196 g/mol. The van der Waals surface area contributed by atoms with Crippen LogP contribution in [0.4, 0.5) is 11.4 Å². The number of nitrogens with two attached hydrogens (primary N) is 1. The number of nitroso groups, excluding NO2 is 2. The van der Waals surface area contributed by atoms with Crippen LogP contribution in [-0.4, -0.2) is 0 Å². The Morgan fingerprint density at radius 2 is 1.80 bits per heavy atom. The summed E-state index contributed by atoms with van der Waals surface area (Å²) in [6.45, 7) is 3.44. The maximum Gasteiger partial charge on any atom is 0.128 e. The minimum atomic E-state index is -0.170. The Labute approximate surface area is 85.0 Å². The fourth-order valence-corrected chi connectivity index (χ4v) is 1.06. The second-order valence-electron chi connectivity index (χ2n) is 2.71. The zero-order valence-electron chi connectivity index (χ0n) is 7.60. The molecule has 0 saturated carbocycles. The van der Waals surface area contributed by atoms with Gasteiger partial charge in [0.05, 0.1) is 0 Å². The number of nitrogens with zero attached hydrogens (tertiary/aromatic N) is 3. The van der Waals surface area contributed by atoms with E-state index in [-0.39, 0.29) is 22.6 Å². The number of nitriles is 1. The summed E-state index contributed by atoms with van der Waals surface area (Å²) >= 11 is 0. The smallest absolute Gasteiger partial charge is 0.128 e. The molecule has 0 aliphatic heterocycles. The van der Waals surface area contributed by atoms with Crippen molar-refractivity contribution < 1.29 is 0 Å². The Hall–Kier alpha value is -2.55. The average Bonchev–Trinajstić information content (AvgIpc) is 2.26. The fraction of sp³-hybridized carbons (Fsp3) is 0. The molecule has 15 heavy (non-hydrogen) atoms. The molecule has 0 saturated heterocycles. The normalized spacial score (nSPS) is 9.00. The molecule has 0 spiro atoms. The quantitative estimate of drug-likeness (QED) is 0.758. The van der Waals surface area contributed by atoms with Gasteiger partial charge in [-0.05, 0) is 22.5 Å². The van der Waals surface area contributed by atoms with Crippen molar-refractivity contribution in [3.8, 4) is 6.07 Å². The van der Waals surface area contributed by atoms with Gasteiger partial charge in [-0.25, -0.2) is 0 Å². The molecule has 0 bridgehead atoms. The first-order valence-corrected chi connectivity index (χ1v) is 3.83. The predicted molar refractivity (Wildman–Crippen MR) is 55.3 cm³/mol. The van der Waals surface area contributed by atoms with Gasteiger partial charge in [0, 0.05) is 11.3 Å². The maximum atomic E-state index is 10.4. The van der Waals surface area contributed by atoms with Gasteiger partial charge in [0.2, 0.25) is 0 Å². The molecule has 2 N–H and O–H groups in total.